The number of carbonyl (C=O) groups excluding carboxylic acids is 1. The van der Waals surface area contributed by atoms with Crippen LogP contribution in [0.15, 0.2) is 59.1 Å². The Morgan fingerprint density at radius 1 is 1.16 bits per heavy atom. The van der Waals surface area contributed by atoms with Gasteiger partial charge in [0.25, 0.3) is 0 Å². The van der Waals surface area contributed by atoms with Crippen molar-refractivity contribution < 1.29 is 14.5 Å². The van der Waals surface area contributed by atoms with Crippen LogP contribution in [-0.2, 0) is 9.53 Å². The quantitative estimate of drug-likeness (QED) is 0.481. The number of nitrogens with one attached hydrogen (secondary N) is 1. The molecule has 0 spiro atoms. The SMILES string of the molecule is COC(=O)[C@H]1N[C@@H](c2ccccc2)[C@H]([N+](=O)[O-])[C@H]1c1cccc(Br)c1. The van der Waals surface area contributed by atoms with Crippen molar-refractivity contribution in [3.63, 3.8) is 0 Å². The van der Waals surface area contributed by atoms with E-state index in [0.29, 0.717) is 0 Å². The largest absolute Gasteiger partial charge is 0.468 e. The van der Waals surface area contributed by atoms with Crippen molar-refractivity contribution in [3.8, 4) is 0 Å². The maximum atomic E-state index is 12.3. The maximum absolute atomic E-state index is 12.3. The lowest BCUT2D eigenvalue weighted by atomic mass is 9.85. The van der Waals surface area contributed by atoms with E-state index >= 15 is 0 Å². The van der Waals surface area contributed by atoms with Crippen LogP contribution in [0.2, 0.25) is 0 Å². The lowest BCUT2D eigenvalue weighted by molar-refractivity contribution is -0.527. The number of rotatable bonds is 4. The Labute approximate surface area is 153 Å². The number of nitro groups is 1. The predicted octanol–water partition coefficient (Wildman–Crippen LogP) is 3.06. The van der Waals surface area contributed by atoms with Crippen LogP contribution < -0.4 is 5.32 Å². The van der Waals surface area contributed by atoms with E-state index < -0.39 is 30.0 Å². The van der Waals surface area contributed by atoms with Gasteiger partial charge in [0.1, 0.15) is 12.1 Å². The van der Waals surface area contributed by atoms with Gasteiger partial charge in [-0.2, -0.15) is 0 Å². The lowest BCUT2D eigenvalue weighted by Crippen LogP contribution is -2.37. The van der Waals surface area contributed by atoms with E-state index in [1.165, 1.54) is 7.11 Å². The molecule has 0 bridgehead atoms. The summed E-state index contributed by atoms with van der Waals surface area (Å²) in [5.74, 6) is -1.14. The van der Waals surface area contributed by atoms with Crippen LogP contribution in [0.25, 0.3) is 0 Å². The summed E-state index contributed by atoms with van der Waals surface area (Å²) in [4.78, 5) is 23.9. The topological polar surface area (TPSA) is 81.5 Å². The minimum absolute atomic E-state index is 0.306. The standard InChI is InChI=1S/C18H17BrN2O4/c1-25-18(22)16-14(12-8-5-9-13(19)10-12)17(21(23)24)15(20-16)11-6-3-2-4-7-11/h2-10,14-17,20H,1H3/t14-,15-,16-,17+/m0/s1. The average molecular weight is 405 g/mol. The summed E-state index contributed by atoms with van der Waals surface area (Å²) in [6, 6.07) is 14.1. The van der Waals surface area contributed by atoms with E-state index in [-0.39, 0.29) is 4.92 Å². The lowest BCUT2D eigenvalue weighted by Gasteiger charge is -2.19. The van der Waals surface area contributed by atoms with Crippen molar-refractivity contribution in [3.05, 3.63) is 80.3 Å². The molecule has 0 radical (unpaired) electrons. The molecule has 7 heteroatoms. The van der Waals surface area contributed by atoms with Crippen molar-refractivity contribution in [2.45, 2.75) is 24.0 Å². The molecule has 2 aromatic carbocycles. The first-order valence-electron chi connectivity index (χ1n) is 7.80. The Bertz CT molecular complexity index is 784. The number of nitrogens with zero attached hydrogens (tertiary/aromatic N) is 1. The van der Waals surface area contributed by atoms with Crippen LogP contribution >= 0.6 is 15.9 Å². The maximum Gasteiger partial charge on any atom is 0.323 e. The molecular weight excluding hydrogens is 388 g/mol. The molecule has 2 aromatic rings. The van der Waals surface area contributed by atoms with E-state index in [0.717, 1.165) is 15.6 Å². The Kier molecular flexibility index (Phi) is 5.15. The molecule has 3 rings (SSSR count). The van der Waals surface area contributed by atoms with Gasteiger partial charge in [0.05, 0.1) is 13.0 Å². The second-order valence-electron chi connectivity index (χ2n) is 5.91. The second kappa shape index (κ2) is 7.33. The summed E-state index contributed by atoms with van der Waals surface area (Å²) >= 11 is 3.39. The molecule has 1 fully saturated rings. The molecule has 1 heterocycles. The molecule has 130 valence electrons. The van der Waals surface area contributed by atoms with Crippen molar-refractivity contribution in [2.75, 3.05) is 7.11 Å². The Hall–Kier alpha value is -2.25. The molecule has 1 aliphatic heterocycles. The molecular formula is C18H17BrN2O4. The van der Waals surface area contributed by atoms with Gasteiger partial charge in [-0.3, -0.25) is 20.2 Å². The summed E-state index contributed by atoms with van der Waals surface area (Å²) < 4.78 is 5.70. The van der Waals surface area contributed by atoms with E-state index in [1.54, 1.807) is 12.1 Å². The van der Waals surface area contributed by atoms with Crippen LogP contribution in [0.5, 0.6) is 0 Å². The average Bonchev–Trinajstić information content (AvgIpc) is 3.02. The highest BCUT2D eigenvalue weighted by Crippen LogP contribution is 2.41. The van der Waals surface area contributed by atoms with E-state index in [2.05, 4.69) is 21.2 Å². The fourth-order valence-corrected chi connectivity index (χ4v) is 3.87. The molecule has 1 N–H and O–H groups in total. The summed E-state index contributed by atoms with van der Waals surface area (Å²) in [5.41, 5.74) is 1.49. The highest BCUT2D eigenvalue weighted by Gasteiger charge is 2.54. The third kappa shape index (κ3) is 3.43. The zero-order valence-electron chi connectivity index (χ0n) is 13.5. The van der Waals surface area contributed by atoms with Crippen molar-refractivity contribution in [2.24, 2.45) is 0 Å². The van der Waals surface area contributed by atoms with E-state index in [4.69, 9.17) is 4.74 Å². The van der Waals surface area contributed by atoms with Gasteiger partial charge in [0, 0.05) is 9.40 Å². The molecule has 6 nitrogen and oxygen atoms in total. The molecule has 0 aliphatic carbocycles. The van der Waals surface area contributed by atoms with Crippen LogP contribution in [-0.4, -0.2) is 30.1 Å². The second-order valence-corrected chi connectivity index (χ2v) is 6.83. The Balaban J connectivity index is 2.10. The summed E-state index contributed by atoms with van der Waals surface area (Å²) in [7, 11) is 1.29. The molecule has 1 aliphatic rings. The van der Waals surface area contributed by atoms with Crippen molar-refractivity contribution in [1.29, 1.82) is 0 Å². The van der Waals surface area contributed by atoms with Crippen molar-refractivity contribution >= 4 is 21.9 Å². The molecule has 4 atom stereocenters. The number of halogens is 1. The smallest absolute Gasteiger partial charge is 0.323 e. The number of hydrogen-bond donors (Lipinski definition) is 1. The molecule has 0 unspecified atom stereocenters. The van der Waals surface area contributed by atoms with Gasteiger partial charge in [-0.05, 0) is 23.3 Å². The predicted molar refractivity (Wildman–Crippen MR) is 95.8 cm³/mol. The number of ether oxygens (including phenoxy) is 1. The number of benzene rings is 2. The van der Waals surface area contributed by atoms with E-state index in [9.17, 15) is 14.9 Å². The van der Waals surface area contributed by atoms with E-state index in [1.807, 2.05) is 42.5 Å². The van der Waals surface area contributed by atoms with Gasteiger partial charge in [0.15, 0.2) is 0 Å². The first-order chi connectivity index (χ1) is 12.0. The minimum atomic E-state index is -0.985. The van der Waals surface area contributed by atoms with Gasteiger partial charge in [-0.25, -0.2) is 0 Å². The van der Waals surface area contributed by atoms with Crippen LogP contribution in [0.1, 0.15) is 23.1 Å². The molecule has 1 saturated heterocycles. The monoisotopic (exact) mass is 404 g/mol. The fraction of sp³-hybridized carbons (Fsp3) is 0.278. The zero-order valence-corrected chi connectivity index (χ0v) is 15.0. The summed E-state index contributed by atoms with van der Waals surface area (Å²) in [6.07, 6.45) is 0. The van der Waals surface area contributed by atoms with Gasteiger partial charge in [-0.1, -0.05) is 58.4 Å². The Morgan fingerprint density at radius 3 is 2.44 bits per heavy atom. The van der Waals surface area contributed by atoms with Gasteiger partial charge >= 0.3 is 5.97 Å². The summed E-state index contributed by atoms with van der Waals surface area (Å²) in [5, 5.41) is 15.0. The molecule has 0 aromatic heterocycles. The molecule has 0 saturated carbocycles. The van der Waals surface area contributed by atoms with Gasteiger partial charge in [0.2, 0.25) is 6.04 Å². The number of methoxy groups -OCH3 is 1. The highest BCUT2D eigenvalue weighted by molar-refractivity contribution is 9.10. The number of esters is 1. The van der Waals surface area contributed by atoms with Crippen molar-refractivity contribution in [1.82, 2.24) is 5.32 Å². The van der Waals surface area contributed by atoms with Crippen LogP contribution in [0, 0.1) is 10.1 Å². The van der Waals surface area contributed by atoms with Gasteiger partial charge in [-0.15, -0.1) is 0 Å². The fourth-order valence-electron chi connectivity index (χ4n) is 3.45. The highest BCUT2D eigenvalue weighted by atomic mass is 79.9. The number of carbonyl (C=O) groups is 1. The normalized spacial score (nSPS) is 25.5. The zero-order chi connectivity index (χ0) is 18.0. The summed E-state index contributed by atoms with van der Waals surface area (Å²) in [6.45, 7) is 0. The van der Waals surface area contributed by atoms with Crippen LogP contribution in [0.3, 0.4) is 0 Å². The van der Waals surface area contributed by atoms with Crippen LogP contribution in [0.4, 0.5) is 0 Å². The Morgan fingerprint density at radius 2 is 1.84 bits per heavy atom. The third-order valence-corrected chi connectivity index (χ3v) is 5.01. The van der Waals surface area contributed by atoms with Gasteiger partial charge < -0.3 is 4.74 Å². The first kappa shape index (κ1) is 17.6. The molecule has 25 heavy (non-hydrogen) atoms. The molecule has 0 amide bonds. The first-order valence-corrected chi connectivity index (χ1v) is 8.60. The third-order valence-electron chi connectivity index (χ3n) is 4.52. The minimum Gasteiger partial charge on any atom is -0.468 e. The number of hydrogen-bond acceptors (Lipinski definition) is 5.